The Hall–Kier alpha value is -3.60. The zero-order valence-corrected chi connectivity index (χ0v) is 13.3. The number of hydrazone groups is 1. The second-order valence-electron chi connectivity index (χ2n) is 5.50. The number of fused-ring (bicyclic) bond motifs is 2. The smallest absolute Gasteiger partial charge is 0.267 e. The minimum absolute atomic E-state index is 0.317. The fraction of sp³-hybridized carbons (Fsp3) is 0. The first-order valence-electron chi connectivity index (χ1n) is 7.85. The van der Waals surface area contributed by atoms with Crippen LogP contribution in [0.15, 0.2) is 77.9 Å². The Labute approximate surface area is 144 Å². The summed E-state index contributed by atoms with van der Waals surface area (Å²) < 4.78 is 0. The van der Waals surface area contributed by atoms with Crippen molar-refractivity contribution in [1.29, 1.82) is 0 Å². The number of benzene rings is 3. The van der Waals surface area contributed by atoms with Crippen LogP contribution in [0.3, 0.4) is 0 Å². The minimum Gasteiger partial charge on any atom is -0.267 e. The predicted octanol–water partition coefficient (Wildman–Crippen LogP) is 3.55. The van der Waals surface area contributed by atoms with Crippen LogP contribution in [0.1, 0.15) is 15.9 Å². The normalized spacial score (nSPS) is 11.2. The first-order valence-corrected chi connectivity index (χ1v) is 7.85. The zero-order chi connectivity index (χ0) is 17.1. The van der Waals surface area contributed by atoms with Crippen molar-refractivity contribution in [3.63, 3.8) is 0 Å². The average Bonchev–Trinajstić information content (AvgIpc) is 2.66. The molecule has 0 aliphatic carbocycles. The highest BCUT2D eigenvalue weighted by atomic mass is 16.2. The predicted molar refractivity (Wildman–Crippen MR) is 98.5 cm³/mol. The number of para-hydroxylation sites is 3. The van der Waals surface area contributed by atoms with Gasteiger partial charge in [-0.2, -0.15) is 5.10 Å². The van der Waals surface area contributed by atoms with Crippen LogP contribution in [0.25, 0.3) is 22.1 Å². The van der Waals surface area contributed by atoms with Crippen molar-refractivity contribution in [2.24, 2.45) is 5.10 Å². The zero-order valence-electron chi connectivity index (χ0n) is 13.3. The lowest BCUT2D eigenvalue weighted by Crippen LogP contribution is -2.18. The van der Waals surface area contributed by atoms with Crippen molar-refractivity contribution in [1.82, 2.24) is 15.4 Å². The highest BCUT2D eigenvalue weighted by Gasteiger charge is 2.12. The van der Waals surface area contributed by atoms with Gasteiger partial charge in [0.25, 0.3) is 5.91 Å². The molecular formula is C20H14N4O. The molecule has 0 fully saturated rings. The van der Waals surface area contributed by atoms with Crippen LogP contribution in [0, 0.1) is 0 Å². The van der Waals surface area contributed by atoms with Gasteiger partial charge < -0.3 is 0 Å². The first kappa shape index (κ1) is 15.0. The Morgan fingerprint density at radius 3 is 2.28 bits per heavy atom. The number of aromatic nitrogens is 2. The summed E-state index contributed by atoms with van der Waals surface area (Å²) in [6, 6.07) is 22.5. The number of hydrogen-bond acceptors (Lipinski definition) is 4. The van der Waals surface area contributed by atoms with Gasteiger partial charge in [-0.25, -0.2) is 15.4 Å². The van der Waals surface area contributed by atoms with Gasteiger partial charge in [-0.3, -0.25) is 4.79 Å². The van der Waals surface area contributed by atoms with E-state index in [0.29, 0.717) is 16.6 Å². The van der Waals surface area contributed by atoms with E-state index in [9.17, 15) is 4.79 Å². The second-order valence-corrected chi connectivity index (χ2v) is 5.50. The molecule has 120 valence electrons. The van der Waals surface area contributed by atoms with Gasteiger partial charge in [-0.1, -0.05) is 48.5 Å². The Morgan fingerprint density at radius 1 is 0.800 bits per heavy atom. The fourth-order valence-electron chi connectivity index (χ4n) is 2.59. The van der Waals surface area contributed by atoms with E-state index in [4.69, 9.17) is 0 Å². The summed E-state index contributed by atoms with van der Waals surface area (Å²) in [6.45, 7) is 0. The topological polar surface area (TPSA) is 67.2 Å². The summed E-state index contributed by atoms with van der Waals surface area (Å²) in [4.78, 5) is 21.6. The summed E-state index contributed by atoms with van der Waals surface area (Å²) >= 11 is 0. The van der Waals surface area contributed by atoms with Crippen molar-refractivity contribution >= 4 is 34.2 Å². The van der Waals surface area contributed by atoms with E-state index in [-0.39, 0.29) is 5.91 Å². The monoisotopic (exact) mass is 326 g/mol. The Balaban J connectivity index is 1.67. The highest BCUT2D eigenvalue weighted by Crippen LogP contribution is 2.19. The molecule has 5 heteroatoms. The molecule has 0 saturated carbocycles. The van der Waals surface area contributed by atoms with Gasteiger partial charge in [0, 0.05) is 0 Å². The van der Waals surface area contributed by atoms with Crippen LogP contribution in [0.2, 0.25) is 0 Å². The maximum Gasteiger partial charge on any atom is 0.273 e. The van der Waals surface area contributed by atoms with E-state index >= 15 is 0 Å². The van der Waals surface area contributed by atoms with Crippen LogP contribution in [-0.2, 0) is 0 Å². The Kier molecular flexibility index (Phi) is 3.88. The molecular weight excluding hydrogens is 312 g/mol. The van der Waals surface area contributed by atoms with E-state index in [2.05, 4.69) is 20.5 Å². The Bertz CT molecular complexity index is 1090. The number of rotatable bonds is 3. The third-order valence-corrected chi connectivity index (χ3v) is 3.79. The number of amides is 1. The lowest BCUT2D eigenvalue weighted by atomic mass is 10.1. The van der Waals surface area contributed by atoms with E-state index in [1.807, 2.05) is 60.7 Å². The summed E-state index contributed by atoms with van der Waals surface area (Å²) in [5.41, 5.74) is 6.70. The molecule has 0 bridgehead atoms. The molecule has 0 radical (unpaired) electrons. The van der Waals surface area contributed by atoms with E-state index < -0.39 is 0 Å². The van der Waals surface area contributed by atoms with Gasteiger partial charge in [0.15, 0.2) is 0 Å². The largest absolute Gasteiger partial charge is 0.273 e. The van der Waals surface area contributed by atoms with E-state index in [0.717, 1.165) is 16.6 Å². The molecule has 5 nitrogen and oxygen atoms in total. The Morgan fingerprint density at radius 2 is 1.48 bits per heavy atom. The maximum atomic E-state index is 12.5. The molecule has 1 aromatic heterocycles. The van der Waals surface area contributed by atoms with Crippen molar-refractivity contribution < 1.29 is 4.79 Å². The van der Waals surface area contributed by atoms with Gasteiger partial charge in [0.05, 0.1) is 28.3 Å². The molecule has 4 aromatic rings. The molecule has 1 N–H and O–H groups in total. The summed E-state index contributed by atoms with van der Waals surface area (Å²) in [5, 5.41) is 4.01. The third-order valence-electron chi connectivity index (χ3n) is 3.79. The molecule has 25 heavy (non-hydrogen) atoms. The minimum atomic E-state index is -0.317. The van der Waals surface area contributed by atoms with Crippen LogP contribution < -0.4 is 5.43 Å². The average molecular weight is 326 g/mol. The first-order chi connectivity index (χ1) is 12.3. The van der Waals surface area contributed by atoms with Crippen LogP contribution in [-0.4, -0.2) is 22.1 Å². The van der Waals surface area contributed by atoms with Crippen LogP contribution in [0.5, 0.6) is 0 Å². The fourth-order valence-corrected chi connectivity index (χ4v) is 2.59. The van der Waals surface area contributed by atoms with Crippen molar-refractivity contribution in [2.75, 3.05) is 0 Å². The molecule has 1 amide bonds. The number of carbonyl (C=O) groups is 1. The van der Waals surface area contributed by atoms with Crippen LogP contribution >= 0.6 is 0 Å². The molecule has 0 aliphatic rings. The highest BCUT2D eigenvalue weighted by molar-refractivity contribution is 6.06. The van der Waals surface area contributed by atoms with E-state index in [1.165, 1.54) is 0 Å². The molecule has 4 rings (SSSR count). The van der Waals surface area contributed by atoms with Gasteiger partial charge in [0.2, 0.25) is 0 Å². The van der Waals surface area contributed by atoms with Crippen molar-refractivity contribution in [2.45, 2.75) is 0 Å². The molecule has 0 unspecified atom stereocenters. The molecule has 0 saturated heterocycles. The van der Waals surface area contributed by atoms with Crippen LogP contribution in [0.4, 0.5) is 0 Å². The quantitative estimate of drug-likeness (QED) is 0.356. The summed E-state index contributed by atoms with van der Waals surface area (Å²) in [5.74, 6) is -0.317. The number of carbonyl (C=O) groups excluding carboxylic acids is 1. The van der Waals surface area contributed by atoms with Gasteiger partial charge >= 0.3 is 0 Å². The standard InChI is InChI=1S/C20H14N4O/c25-20(24-21-13-14-7-2-1-3-8-14)15-9-6-12-18-19(15)23-17-11-5-4-10-16(17)22-18/h1-13H,(H,24,25)/b21-13+. The van der Waals surface area contributed by atoms with Gasteiger partial charge in [-0.05, 0) is 29.8 Å². The van der Waals surface area contributed by atoms with Crippen molar-refractivity contribution in [3.05, 3.63) is 83.9 Å². The summed E-state index contributed by atoms with van der Waals surface area (Å²) in [6.07, 6.45) is 1.60. The lowest BCUT2D eigenvalue weighted by molar-refractivity contribution is 0.0956. The maximum absolute atomic E-state index is 12.5. The number of nitrogens with one attached hydrogen (secondary N) is 1. The number of hydrogen-bond donors (Lipinski definition) is 1. The summed E-state index contributed by atoms with van der Waals surface area (Å²) in [7, 11) is 0. The lowest BCUT2D eigenvalue weighted by Gasteiger charge is -2.05. The van der Waals surface area contributed by atoms with Gasteiger partial charge in [0.1, 0.15) is 5.52 Å². The molecule has 0 spiro atoms. The third kappa shape index (κ3) is 3.07. The molecule has 1 heterocycles. The van der Waals surface area contributed by atoms with Gasteiger partial charge in [-0.15, -0.1) is 0 Å². The molecule has 3 aromatic carbocycles. The van der Waals surface area contributed by atoms with Crippen molar-refractivity contribution in [3.8, 4) is 0 Å². The molecule has 0 aliphatic heterocycles. The molecule has 0 atom stereocenters. The SMILES string of the molecule is O=C(N/N=C/c1ccccc1)c1cccc2nc3ccccc3nc12. The number of nitrogens with zero attached hydrogens (tertiary/aromatic N) is 3. The second kappa shape index (κ2) is 6.49. The van der Waals surface area contributed by atoms with E-state index in [1.54, 1.807) is 18.3 Å².